The zero-order valence-electron chi connectivity index (χ0n) is 12.3. The van der Waals surface area contributed by atoms with Gasteiger partial charge in [0.25, 0.3) is 12.6 Å². The molecule has 0 atom stereocenters. The number of ether oxygens (including phenoxy) is 1. The lowest BCUT2D eigenvalue weighted by Gasteiger charge is -2.25. The van der Waals surface area contributed by atoms with Gasteiger partial charge in [0.05, 0.1) is 12.0 Å². The van der Waals surface area contributed by atoms with Crippen LogP contribution in [0.1, 0.15) is 55.4 Å². The van der Waals surface area contributed by atoms with Gasteiger partial charge < -0.3 is 4.74 Å². The minimum atomic E-state index is -0.203. The quantitative estimate of drug-likeness (QED) is 0.703. The third-order valence-corrected chi connectivity index (χ3v) is 1.77. The van der Waals surface area contributed by atoms with E-state index in [1.54, 1.807) is 0 Å². The van der Waals surface area contributed by atoms with Crippen LogP contribution in [0.4, 0.5) is 0 Å². The van der Waals surface area contributed by atoms with Crippen molar-refractivity contribution in [3.63, 3.8) is 0 Å². The zero-order chi connectivity index (χ0) is 13.0. The summed E-state index contributed by atoms with van der Waals surface area (Å²) in [7, 11) is 0. The monoisotopic (exact) mass is 226 g/mol. The summed E-state index contributed by atoms with van der Waals surface area (Å²) in [4.78, 5) is 4.34. The normalized spacial score (nSPS) is 13.2. The molecule has 0 bridgehead atoms. The minimum Gasteiger partial charge on any atom is -0.367 e. The first-order valence-electron chi connectivity index (χ1n) is 5.99. The predicted molar refractivity (Wildman–Crippen MR) is 71.1 cm³/mol. The van der Waals surface area contributed by atoms with Crippen molar-refractivity contribution in [1.29, 1.82) is 0 Å². The molecule has 0 unspecified atom stereocenters. The Morgan fingerprint density at radius 3 is 1.81 bits per heavy atom. The molecule has 0 aliphatic carbocycles. The lowest BCUT2D eigenvalue weighted by molar-refractivity contribution is -0.0399. The van der Waals surface area contributed by atoms with Gasteiger partial charge in [0.1, 0.15) is 5.60 Å². The molecule has 0 radical (unpaired) electrons. The first-order chi connectivity index (χ1) is 6.91. The topological polar surface area (TPSA) is 13.6 Å². The summed E-state index contributed by atoms with van der Waals surface area (Å²) >= 11 is 0. The fraction of sp³-hybridized carbons (Fsp3) is 0.929. The molecule has 0 fully saturated rings. The summed E-state index contributed by atoms with van der Waals surface area (Å²) in [5, 5.41) is 0. The van der Waals surface area contributed by atoms with Crippen LogP contribution < -0.4 is 0 Å². The van der Waals surface area contributed by atoms with Gasteiger partial charge in [-0.05, 0) is 40.0 Å². The molecule has 0 heterocycles. The second-order valence-corrected chi connectivity index (χ2v) is 7.29. The van der Waals surface area contributed by atoms with Gasteiger partial charge in [-0.1, -0.05) is 25.6 Å². The third kappa shape index (κ3) is 9.98. The molecule has 2 nitrogen and oxygen atoms in total. The summed E-state index contributed by atoms with van der Waals surface area (Å²) < 4.78 is 5.87. The molecule has 0 aliphatic rings. The van der Waals surface area contributed by atoms with Crippen molar-refractivity contribution in [3.05, 3.63) is 4.85 Å². The molecule has 0 aromatic heterocycles. The van der Waals surface area contributed by atoms with E-state index in [1.807, 2.05) is 0 Å². The van der Waals surface area contributed by atoms with Gasteiger partial charge in [0, 0.05) is 0 Å². The first-order valence-corrected chi connectivity index (χ1v) is 5.99. The van der Waals surface area contributed by atoms with E-state index < -0.39 is 0 Å². The standard InChI is InChI=1S/C14H28NO/c1-12(2,3)9-15-10-14(7,8)16-11-13(4,5)6/h10-11H2,1-8H3/q+1. The Hall–Kier alpha value is -0.550. The number of hydrogen-bond donors (Lipinski definition) is 0. The van der Waals surface area contributed by atoms with Crippen molar-refractivity contribution < 1.29 is 4.74 Å². The third-order valence-electron chi connectivity index (χ3n) is 1.77. The summed E-state index contributed by atoms with van der Waals surface area (Å²) in [5.74, 6) is 0. The minimum absolute atomic E-state index is 0.0279. The lowest BCUT2D eigenvalue weighted by Crippen LogP contribution is -2.31. The summed E-state index contributed by atoms with van der Waals surface area (Å²) in [5.41, 5.74) is 0.0281. The average molecular weight is 226 g/mol. The fourth-order valence-corrected chi connectivity index (χ4v) is 0.925. The van der Waals surface area contributed by atoms with Crippen LogP contribution in [-0.2, 0) is 4.74 Å². The molecule has 16 heavy (non-hydrogen) atoms. The van der Waals surface area contributed by atoms with Crippen LogP contribution in [0.15, 0.2) is 0 Å². The molecule has 0 spiro atoms. The van der Waals surface area contributed by atoms with Crippen LogP contribution in [0.2, 0.25) is 0 Å². The van der Waals surface area contributed by atoms with Gasteiger partial charge >= 0.3 is 0 Å². The molecule has 0 N–H and O–H groups in total. The molecular weight excluding hydrogens is 198 g/mol. The van der Waals surface area contributed by atoms with Crippen molar-refractivity contribution in [1.82, 2.24) is 0 Å². The first kappa shape index (κ1) is 15.4. The van der Waals surface area contributed by atoms with Crippen molar-refractivity contribution in [2.45, 2.75) is 61.0 Å². The van der Waals surface area contributed by atoms with Gasteiger partial charge in [0.15, 0.2) is 0 Å². The molecule has 0 amide bonds. The highest BCUT2D eigenvalue weighted by Crippen LogP contribution is 2.19. The van der Waals surface area contributed by atoms with Crippen molar-refractivity contribution in [2.24, 2.45) is 10.8 Å². The number of hydrogen-bond acceptors (Lipinski definition) is 1. The van der Waals surface area contributed by atoms with Crippen molar-refractivity contribution >= 4 is 0 Å². The Bertz CT molecular complexity index is 268. The van der Waals surface area contributed by atoms with Gasteiger partial charge in [-0.25, -0.2) is 0 Å². The van der Waals surface area contributed by atoms with Crippen LogP contribution in [0, 0.1) is 16.9 Å². The van der Waals surface area contributed by atoms with E-state index in [9.17, 15) is 0 Å². The Labute approximate surface area is 101 Å². The van der Waals surface area contributed by atoms with Gasteiger partial charge in [-0.3, -0.25) is 0 Å². The van der Waals surface area contributed by atoms with E-state index in [2.05, 4.69) is 66.3 Å². The highest BCUT2D eigenvalue weighted by atomic mass is 16.5. The van der Waals surface area contributed by atoms with Gasteiger partial charge in [-0.2, -0.15) is 0 Å². The molecule has 2 heteroatoms. The SMILES string of the molecule is CC(C)(C)C#[N+]CC(C)(C)OCC(C)(C)C. The average Bonchev–Trinajstić information content (AvgIpc) is 1.97. The predicted octanol–water partition coefficient (Wildman–Crippen LogP) is 4.21. The Morgan fingerprint density at radius 1 is 0.938 bits per heavy atom. The largest absolute Gasteiger partial charge is 0.367 e. The van der Waals surface area contributed by atoms with Crippen LogP contribution in [0.3, 0.4) is 0 Å². The zero-order valence-corrected chi connectivity index (χ0v) is 12.3. The summed E-state index contributed by atoms with van der Waals surface area (Å²) in [6.45, 7) is 18.4. The molecular formula is C14H28NO+. The molecule has 0 saturated carbocycles. The van der Waals surface area contributed by atoms with Crippen molar-refractivity contribution in [3.8, 4) is 6.07 Å². The molecule has 0 rings (SSSR count). The fourth-order valence-electron chi connectivity index (χ4n) is 0.925. The smallest absolute Gasteiger partial charge is 0.291 e. The van der Waals surface area contributed by atoms with E-state index >= 15 is 0 Å². The summed E-state index contributed by atoms with van der Waals surface area (Å²) in [6, 6.07) is 3.12. The van der Waals surface area contributed by atoms with Gasteiger partial charge in [-0.15, -0.1) is 0 Å². The molecule has 0 aliphatic heterocycles. The second-order valence-electron chi connectivity index (χ2n) is 7.29. The molecule has 0 aromatic carbocycles. The maximum Gasteiger partial charge on any atom is 0.291 e. The molecule has 0 aromatic rings. The van der Waals surface area contributed by atoms with Crippen LogP contribution in [0.25, 0.3) is 4.85 Å². The van der Waals surface area contributed by atoms with E-state index in [4.69, 9.17) is 4.74 Å². The van der Waals surface area contributed by atoms with Crippen LogP contribution in [-0.4, -0.2) is 18.8 Å². The second kappa shape index (κ2) is 5.19. The van der Waals surface area contributed by atoms with E-state index in [0.717, 1.165) is 6.61 Å². The number of rotatable bonds is 3. The van der Waals surface area contributed by atoms with E-state index in [0.29, 0.717) is 6.54 Å². The summed E-state index contributed by atoms with van der Waals surface area (Å²) in [6.07, 6.45) is 0. The highest BCUT2D eigenvalue weighted by molar-refractivity contribution is 5.00. The Kier molecular flexibility index (Phi) is 5.01. The van der Waals surface area contributed by atoms with E-state index in [1.165, 1.54) is 0 Å². The van der Waals surface area contributed by atoms with E-state index in [-0.39, 0.29) is 16.4 Å². The van der Waals surface area contributed by atoms with Crippen LogP contribution in [0.5, 0.6) is 0 Å². The Balaban J connectivity index is 4.19. The molecule has 94 valence electrons. The van der Waals surface area contributed by atoms with Gasteiger partial charge in [0.2, 0.25) is 0 Å². The van der Waals surface area contributed by atoms with Crippen molar-refractivity contribution in [2.75, 3.05) is 13.2 Å². The Morgan fingerprint density at radius 2 is 1.44 bits per heavy atom. The maximum absolute atomic E-state index is 5.87. The number of nitrogens with zero attached hydrogens (tertiary/aromatic N) is 1. The molecule has 0 saturated heterocycles. The highest BCUT2D eigenvalue weighted by Gasteiger charge is 2.27. The van der Waals surface area contributed by atoms with Crippen LogP contribution >= 0.6 is 0 Å². The maximum atomic E-state index is 5.87. The lowest BCUT2D eigenvalue weighted by atomic mass is 9.98.